The fourth-order valence-electron chi connectivity index (χ4n) is 3.41. The zero-order valence-corrected chi connectivity index (χ0v) is 12.9. The molecule has 0 saturated carbocycles. The van der Waals surface area contributed by atoms with Crippen LogP contribution in [0.25, 0.3) is 0 Å². The summed E-state index contributed by atoms with van der Waals surface area (Å²) in [6, 6.07) is 9.03. The van der Waals surface area contributed by atoms with Crippen molar-refractivity contribution in [2.24, 2.45) is 12.8 Å². The van der Waals surface area contributed by atoms with E-state index in [-0.39, 0.29) is 6.04 Å². The smallest absolute Gasteiger partial charge is 0.0641 e. The maximum Gasteiger partial charge on any atom is 0.0641 e. The highest BCUT2D eigenvalue weighted by Gasteiger charge is 2.24. The van der Waals surface area contributed by atoms with Gasteiger partial charge in [-0.2, -0.15) is 5.10 Å². The fourth-order valence-corrected chi connectivity index (χ4v) is 3.41. The number of aromatic nitrogens is 2. The molecule has 0 saturated heterocycles. The molecule has 0 fully saturated rings. The molecule has 1 aromatic heterocycles. The Bertz CT molecular complexity index is 617. The van der Waals surface area contributed by atoms with Crippen LogP contribution in [0.1, 0.15) is 34.8 Å². The van der Waals surface area contributed by atoms with Gasteiger partial charge in [0.2, 0.25) is 0 Å². The molecule has 1 aliphatic rings. The summed E-state index contributed by atoms with van der Waals surface area (Å²) in [5.74, 6) is 0. The van der Waals surface area contributed by atoms with Gasteiger partial charge in [-0.1, -0.05) is 24.3 Å². The first-order chi connectivity index (χ1) is 10.2. The van der Waals surface area contributed by atoms with Crippen LogP contribution >= 0.6 is 0 Å². The first kappa shape index (κ1) is 14.3. The van der Waals surface area contributed by atoms with Crippen molar-refractivity contribution in [3.63, 3.8) is 0 Å². The summed E-state index contributed by atoms with van der Waals surface area (Å²) in [6.45, 7) is 4.77. The van der Waals surface area contributed by atoms with E-state index in [1.165, 1.54) is 23.1 Å². The van der Waals surface area contributed by atoms with Gasteiger partial charge < -0.3 is 5.73 Å². The van der Waals surface area contributed by atoms with Gasteiger partial charge >= 0.3 is 0 Å². The van der Waals surface area contributed by atoms with Crippen molar-refractivity contribution in [1.82, 2.24) is 14.7 Å². The largest absolute Gasteiger partial charge is 0.329 e. The van der Waals surface area contributed by atoms with Crippen molar-refractivity contribution in [2.75, 3.05) is 13.1 Å². The van der Waals surface area contributed by atoms with Crippen molar-refractivity contribution in [3.8, 4) is 0 Å². The second-order valence-electron chi connectivity index (χ2n) is 5.94. The summed E-state index contributed by atoms with van der Waals surface area (Å²) in [6.07, 6.45) is 4.46. The van der Waals surface area contributed by atoms with Crippen molar-refractivity contribution in [3.05, 3.63) is 52.8 Å². The van der Waals surface area contributed by atoms with Crippen molar-refractivity contribution in [2.45, 2.75) is 32.4 Å². The molecule has 1 aliphatic heterocycles. The lowest BCUT2D eigenvalue weighted by molar-refractivity contribution is 0.195. The maximum absolute atomic E-state index is 6.11. The molecule has 2 N–H and O–H groups in total. The molecule has 4 nitrogen and oxygen atoms in total. The third-order valence-corrected chi connectivity index (χ3v) is 4.46. The van der Waals surface area contributed by atoms with Crippen LogP contribution in [0, 0.1) is 6.92 Å². The zero-order chi connectivity index (χ0) is 14.8. The van der Waals surface area contributed by atoms with Crippen molar-refractivity contribution < 1.29 is 0 Å². The average Bonchev–Trinajstić information content (AvgIpc) is 2.69. The Morgan fingerprint density at radius 2 is 2.05 bits per heavy atom. The Hall–Kier alpha value is -1.65. The van der Waals surface area contributed by atoms with Crippen LogP contribution in [0.5, 0.6) is 0 Å². The van der Waals surface area contributed by atoms with E-state index in [2.05, 4.69) is 47.4 Å². The molecule has 0 amide bonds. The molecule has 21 heavy (non-hydrogen) atoms. The van der Waals surface area contributed by atoms with E-state index in [0.29, 0.717) is 6.54 Å². The lowest BCUT2D eigenvalue weighted by Crippen LogP contribution is -2.33. The summed E-state index contributed by atoms with van der Waals surface area (Å²) < 4.78 is 1.89. The number of benzene rings is 1. The number of aryl methyl sites for hydroxylation is 3. The van der Waals surface area contributed by atoms with Crippen LogP contribution in [0.3, 0.4) is 0 Å². The van der Waals surface area contributed by atoms with Crippen molar-refractivity contribution in [1.29, 1.82) is 0 Å². The number of nitrogens with two attached hydrogens (primary N) is 1. The van der Waals surface area contributed by atoms with E-state index in [0.717, 1.165) is 25.2 Å². The Labute approximate surface area is 126 Å². The highest BCUT2D eigenvalue weighted by atomic mass is 15.3. The summed E-state index contributed by atoms with van der Waals surface area (Å²) >= 11 is 0. The average molecular weight is 284 g/mol. The Morgan fingerprint density at radius 3 is 2.71 bits per heavy atom. The Balaban J connectivity index is 1.89. The number of hydrogen-bond acceptors (Lipinski definition) is 3. The molecule has 2 aromatic rings. The third-order valence-electron chi connectivity index (χ3n) is 4.46. The molecule has 0 aliphatic carbocycles. The summed E-state index contributed by atoms with van der Waals surface area (Å²) in [5, 5.41) is 4.48. The van der Waals surface area contributed by atoms with E-state index in [9.17, 15) is 0 Å². The number of fused-ring (bicyclic) bond motifs is 1. The van der Waals surface area contributed by atoms with E-state index in [1.54, 1.807) is 0 Å². The van der Waals surface area contributed by atoms with Crippen LogP contribution in [0.4, 0.5) is 0 Å². The number of nitrogens with zero attached hydrogens (tertiary/aromatic N) is 3. The van der Waals surface area contributed by atoms with Gasteiger partial charge in [0.15, 0.2) is 0 Å². The van der Waals surface area contributed by atoms with Crippen LogP contribution < -0.4 is 5.73 Å². The molecule has 0 spiro atoms. The molecule has 1 aromatic carbocycles. The molecule has 0 radical (unpaired) electrons. The Morgan fingerprint density at radius 1 is 1.29 bits per heavy atom. The minimum Gasteiger partial charge on any atom is -0.329 e. The molecular weight excluding hydrogens is 260 g/mol. The summed E-state index contributed by atoms with van der Waals surface area (Å²) in [4.78, 5) is 2.51. The van der Waals surface area contributed by atoms with Gasteiger partial charge in [-0.3, -0.25) is 9.58 Å². The lowest BCUT2D eigenvalue weighted by atomic mass is 10.0. The first-order valence-corrected chi connectivity index (χ1v) is 7.70. The minimum absolute atomic E-state index is 0.254. The number of hydrogen-bond donors (Lipinski definition) is 1. The monoisotopic (exact) mass is 284 g/mol. The normalized spacial score (nSPS) is 17.3. The fraction of sp³-hybridized carbons (Fsp3) is 0.471. The second kappa shape index (κ2) is 6.00. The van der Waals surface area contributed by atoms with Crippen LogP contribution in [0.2, 0.25) is 0 Å². The van der Waals surface area contributed by atoms with Gasteiger partial charge in [0, 0.05) is 31.9 Å². The predicted molar refractivity (Wildman–Crippen MR) is 84.9 cm³/mol. The van der Waals surface area contributed by atoms with Gasteiger partial charge in [0.1, 0.15) is 0 Å². The van der Waals surface area contributed by atoms with Crippen LogP contribution in [-0.2, 0) is 20.0 Å². The molecule has 2 heterocycles. The standard InChI is InChI=1S/C17H24N4/c1-13-16(12-20(2)19-13)17(10-18)21-9-5-8-14-6-3-4-7-15(14)11-21/h3-4,6-7,12,17H,5,8-11,18H2,1-2H3. The van der Waals surface area contributed by atoms with E-state index in [1.807, 2.05) is 11.7 Å². The van der Waals surface area contributed by atoms with Gasteiger partial charge in [-0.05, 0) is 37.4 Å². The highest BCUT2D eigenvalue weighted by molar-refractivity contribution is 5.29. The molecule has 0 bridgehead atoms. The zero-order valence-electron chi connectivity index (χ0n) is 12.9. The van der Waals surface area contributed by atoms with Gasteiger partial charge in [0.25, 0.3) is 0 Å². The first-order valence-electron chi connectivity index (χ1n) is 7.70. The van der Waals surface area contributed by atoms with Crippen molar-refractivity contribution >= 4 is 0 Å². The van der Waals surface area contributed by atoms with Gasteiger partial charge in [-0.15, -0.1) is 0 Å². The highest BCUT2D eigenvalue weighted by Crippen LogP contribution is 2.28. The molecule has 1 unspecified atom stereocenters. The predicted octanol–water partition coefficient (Wildman–Crippen LogP) is 2.18. The topological polar surface area (TPSA) is 47.1 Å². The molecule has 1 atom stereocenters. The van der Waals surface area contributed by atoms with E-state index < -0.39 is 0 Å². The van der Waals surface area contributed by atoms with E-state index >= 15 is 0 Å². The van der Waals surface area contributed by atoms with Crippen LogP contribution in [-0.4, -0.2) is 27.8 Å². The maximum atomic E-state index is 6.11. The minimum atomic E-state index is 0.254. The molecule has 112 valence electrons. The number of rotatable bonds is 3. The lowest BCUT2D eigenvalue weighted by Gasteiger charge is -2.29. The SMILES string of the molecule is Cc1nn(C)cc1C(CN)N1CCCc2ccccc2C1. The molecular formula is C17H24N4. The second-order valence-corrected chi connectivity index (χ2v) is 5.94. The Kier molecular flexibility index (Phi) is 4.08. The summed E-state index contributed by atoms with van der Waals surface area (Å²) in [7, 11) is 1.97. The molecule has 4 heteroatoms. The van der Waals surface area contributed by atoms with Gasteiger partial charge in [0.05, 0.1) is 11.7 Å². The van der Waals surface area contributed by atoms with Gasteiger partial charge in [-0.25, -0.2) is 0 Å². The van der Waals surface area contributed by atoms with E-state index in [4.69, 9.17) is 5.73 Å². The molecule has 3 rings (SSSR count). The third kappa shape index (κ3) is 2.87. The van der Waals surface area contributed by atoms with Crippen LogP contribution in [0.15, 0.2) is 30.5 Å². The summed E-state index contributed by atoms with van der Waals surface area (Å²) in [5.41, 5.74) is 11.4. The quantitative estimate of drug-likeness (QED) is 0.939.